The second-order valence-corrected chi connectivity index (χ2v) is 5.66. The summed E-state index contributed by atoms with van der Waals surface area (Å²) in [6.45, 7) is 2.06. The van der Waals surface area contributed by atoms with Crippen LogP contribution in [0.15, 0.2) is 53.0 Å². The van der Waals surface area contributed by atoms with Gasteiger partial charge in [0.1, 0.15) is 11.9 Å². The van der Waals surface area contributed by atoms with Crippen LogP contribution < -0.4 is 4.74 Å². The van der Waals surface area contributed by atoms with E-state index in [-0.39, 0.29) is 6.10 Å². The fraction of sp³-hybridized carbons (Fsp3) is 0.250. The summed E-state index contributed by atoms with van der Waals surface area (Å²) in [4.78, 5) is 0. The lowest BCUT2D eigenvalue weighted by molar-refractivity contribution is 0.201. The molecule has 0 N–H and O–H groups in total. The maximum Gasteiger partial charge on any atom is 0.134 e. The number of benzene rings is 2. The minimum atomic E-state index is -0.0160. The minimum Gasteiger partial charge on any atom is -0.485 e. The van der Waals surface area contributed by atoms with E-state index in [0.29, 0.717) is 5.88 Å². The molecule has 0 saturated heterocycles. The Morgan fingerprint density at radius 1 is 1.16 bits per heavy atom. The summed E-state index contributed by atoms with van der Waals surface area (Å²) in [5.74, 6) is 1.42. The predicted molar refractivity (Wildman–Crippen MR) is 84.0 cm³/mol. The third kappa shape index (κ3) is 3.99. The summed E-state index contributed by atoms with van der Waals surface area (Å²) in [7, 11) is 0. The summed E-state index contributed by atoms with van der Waals surface area (Å²) in [5, 5.41) is 0. The fourth-order valence-electron chi connectivity index (χ4n) is 1.92. The van der Waals surface area contributed by atoms with Crippen molar-refractivity contribution in [1.82, 2.24) is 0 Å². The van der Waals surface area contributed by atoms with Crippen LogP contribution in [-0.4, -0.2) is 5.88 Å². The first-order chi connectivity index (χ1) is 9.20. The zero-order valence-electron chi connectivity index (χ0n) is 10.8. The van der Waals surface area contributed by atoms with E-state index in [2.05, 4.69) is 41.1 Å². The molecule has 0 aromatic heterocycles. The van der Waals surface area contributed by atoms with Crippen molar-refractivity contribution in [2.75, 3.05) is 5.88 Å². The lowest BCUT2D eigenvalue weighted by Gasteiger charge is -2.19. The van der Waals surface area contributed by atoms with E-state index in [1.807, 2.05) is 30.3 Å². The van der Waals surface area contributed by atoms with Crippen LogP contribution in [0.5, 0.6) is 5.75 Å². The molecule has 0 bridgehead atoms. The van der Waals surface area contributed by atoms with E-state index in [9.17, 15) is 0 Å². The summed E-state index contributed by atoms with van der Waals surface area (Å²) < 4.78 is 7.07. The lowest BCUT2D eigenvalue weighted by atomic mass is 10.1. The smallest absolute Gasteiger partial charge is 0.134 e. The Bertz CT molecular complexity index is 528. The van der Waals surface area contributed by atoms with Crippen LogP contribution in [0, 0.1) is 6.92 Å². The van der Waals surface area contributed by atoms with Crippen LogP contribution in [-0.2, 0) is 0 Å². The number of hydrogen-bond donors (Lipinski definition) is 0. The maximum absolute atomic E-state index is 6.10. The van der Waals surface area contributed by atoms with Crippen LogP contribution in [0.4, 0.5) is 0 Å². The average molecular weight is 340 g/mol. The van der Waals surface area contributed by atoms with Crippen LogP contribution in [0.1, 0.15) is 23.7 Å². The molecule has 0 aliphatic carbocycles. The number of hydrogen-bond acceptors (Lipinski definition) is 1. The average Bonchev–Trinajstić information content (AvgIpc) is 2.42. The van der Waals surface area contributed by atoms with E-state index in [1.54, 1.807) is 0 Å². The molecule has 0 aliphatic heterocycles. The largest absolute Gasteiger partial charge is 0.485 e. The molecule has 3 heteroatoms. The molecule has 19 heavy (non-hydrogen) atoms. The highest BCUT2D eigenvalue weighted by molar-refractivity contribution is 9.10. The van der Waals surface area contributed by atoms with Gasteiger partial charge >= 0.3 is 0 Å². The standard InChI is InChI=1S/C16H16BrClO/c1-12-7-8-16(14(17)11-12)19-15(9-10-18)13-5-3-2-4-6-13/h2-8,11,15H,9-10H2,1H3/t15-/m0/s1. The molecule has 1 atom stereocenters. The Hall–Kier alpha value is -0.990. The highest BCUT2D eigenvalue weighted by Gasteiger charge is 2.14. The van der Waals surface area contributed by atoms with Gasteiger partial charge in [0.25, 0.3) is 0 Å². The molecule has 100 valence electrons. The predicted octanol–water partition coefficient (Wildman–Crippen LogP) is 5.51. The van der Waals surface area contributed by atoms with Crippen LogP contribution in [0.3, 0.4) is 0 Å². The highest BCUT2D eigenvalue weighted by atomic mass is 79.9. The molecule has 0 heterocycles. The SMILES string of the molecule is Cc1ccc(O[C@@H](CCCl)c2ccccc2)c(Br)c1. The molecule has 0 spiro atoms. The quantitative estimate of drug-likeness (QED) is 0.653. The van der Waals surface area contributed by atoms with Gasteiger partial charge in [-0.2, -0.15) is 0 Å². The van der Waals surface area contributed by atoms with E-state index >= 15 is 0 Å². The highest BCUT2D eigenvalue weighted by Crippen LogP contribution is 2.31. The Morgan fingerprint density at radius 2 is 1.89 bits per heavy atom. The van der Waals surface area contributed by atoms with Gasteiger partial charge in [-0.15, -0.1) is 11.6 Å². The van der Waals surface area contributed by atoms with E-state index in [4.69, 9.17) is 16.3 Å². The monoisotopic (exact) mass is 338 g/mol. The van der Waals surface area contributed by atoms with Gasteiger partial charge in [-0.3, -0.25) is 0 Å². The Labute approximate surface area is 127 Å². The van der Waals surface area contributed by atoms with Crippen LogP contribution >= 0.6 is 27.5 Å². The maximum atomic E-state index is 6.10. The van der Waals surface area contributed by atoms with Gasteiger partial charge in [0.05, 0.1) is 4.47 Å². The molecule has 2 aromatic rings. The first-order valence-electron chi connectivity index (χ1n) is 6.24. The first kappa shape index (κ1) is 14.4. The van der Waals surface area contributed by atoms with Crippen molar-refractivity contribution < 1.29 is 4.74 Å². The van der Waals surface area contributed by atoms with E-state index < -0.39 is 0 Å². The van der Waals surface area contributed by atoms with Gasteiger partial charge in [0, 0.05) is 12.3 Å². The molecule has 1 nitrogen and oxygen atoms in total. The molecule has 0 amide bonds. The Kier molecular flexibility index (Phi) is 5.29. The molecular formula is C16H16BrClO. The molecule has 0 radical (unpaired) electrons. The lowest BCUT2D eigenvalue weighted by Crippen LogP contribution is -2.08. The number of halogens is 2. The molecule has 0 aliphatic rings. The van der Waals surface area contributed by atoms with Crippen molar-refractivity contribution in [3.8, 4) is 5.75 Å². The summed E-state index contributed by atoms with van der Waals surface area (Å²) in [5.41, 5.74) is 2.35. The van der Waals surface area contributed by atoms with Gasteiger partial charge in [-0.05, 0) is 46.1 Å². The van der Waals surface area contributed by atoms with Crippen molar-refractivity contribution in [1.29, 1.82) is 0 Å². The topological polar surface area (TPSA) is 9.23 Å². The third-order valence-corrected chi connectivity index (χ3v) is 3.74. The molecular weight excluding hydrogens is 324 g/mol. The molecule has 2 rings (SSSR count). The van der Waals surface area contributed by atoms with Gasteiger partial charge in [0.15, 0.2) is 0 Å². The zero-order chi connectivity index (χ0) is 13.7. The summed E-state index contributed by atoms with van der Waals surface area (Å²) in [6.07, 6.45) is 0.768. The molecule has 0 unspecified atom stereocenters. The van der Waals surface area contributed by atoms with Crippen LogP contribution in [0.25, 0.3) is 0 Å². The number of ether oxygens (including phenoxy) is 1. The van der Waals surface area contributed by atoms with Gasteiger partial charge < -0.3 is 4.74 Å². The number of aryl methyl sites for hydroxylation is 1. The van der Waals surface area contributed by atoms with Crippen molar-refractivity contribution in [2.45, 2.75) is 19.4 Å². The molecule has 0 fully saturated rings. The molecule has 2 aromatic carbocycles. The van der Waals surface area contributed by atoms with E-state index in [1.165, 1.54) is 5.56 Å². The summed E-state index contributed by atoms with van der Waals surface area (Å²) in [6, 6.07) is 16.3. The van der Waals surface area contributed by atoms with Gasteiger partial charge in [0.2, 0.25) is 0 Å². The van der Waals surface area contributed by atoms with Crippen molar-refractivity contribution >= 4 is 27.5 Å². The first-order valence-corrected chi connectivity index (χ1v) is 7.57. The number of alkyl halides is 1. The number of rotatable bonds is 5. The third-order valence-electron chi connectivity index (χ3n) is 2.90. The summed E-state index contributed by atoms with van der Waals surface area (Å²) >= 11 is 9.43. The normalized spacial score (nSPS) is 12.2. The zero-order valence-corrected chi connectivity index (χ0v) is 13.1. The second kappa shape index (κ2) is 6.97. The Morgan fingerprint density at radius 3 is 2.53 bits per heavy atom. The molecule has 0 saturated carbocycles. The minimum absolute atomic E-state index is 0.0160. The van der Waals surface area contributed by atoms with Crippen molar-refractivity contribution in [3.05, 3.63) is 64.1 Å². The second-order valence-electron chi connectivity index (χ2n) is 4.43. The van der Waals surface area contributed by atoms with Crippen molar-refractivity contribution in [3.63, 3.8) is 0 Å². The fourth-order valence-corrected chi connectivity index (χ4v) is 2.70. The van der Waals surface area contributed by atoms with Gasteiger partial charge in [-0.25, -0.2) is 0 Å². The van der Waals surface area contributed by atoms with Crippen LogP contribution in [0.2, 0.25) is 0 Å². The van der Waals surface area contributed by atoms with E-state index in [0.717, 1.165) is 22.2 Å². The van der Waals surface area contributed by atoms with Gasteiger partial charge in [-0.1, -0.05) is 36.4 Å². The Balaban J connectivity index is 2.21. The van der Waals surface area contributed by atoms with Crippen molar-refractivity contribution in [2.24, 2.45) is 0 Å².